The van der Waals surface area contributed by atoms with Crippen molar-refractivity contribution < 1.29 is 0 Å². The van der Waals surface area contributed by atoms with Crippen LogP contribution in [0.4, 0.5) is 0 Å². The van der Waals surface area contributed by atoms with Gasteiger partial charge in [-0.25, -0.2) is 4.98 Å². The van der Waals surface area contributed by atoms with Crippen molar-refractivity contribution in [3.05, 3.63) is 21.7 Å². The predicted molar refractivity (Wildman–Crippen MR) is 56.3 cm³/mol. The standard InChI is InChI=1S/C9H15N3S/c1-6-7(2)10-8(5-12(3)4)11-9(6)13/h5H2,1-4H3,(H,10,11,13). The fourth-order valence-electron chi connectivity index (χ4n) is 1.08. The van der Waals surface area contributed by atoms with Crippen LogP contribution in [0, 0.1) is 18.5 Å². The van der Waals surface area contributed by atoms with Gasteiger partial charge >= 0.3 is 0 Å². The Labute approximate surface area is 83.8 Å². The van der Waals surface area contributed by atoms with Crippen molar-refractivity contribution in [1.29, 1.82) is 0 Å². The summed E-state index contributed by atoms with van der Waals surface area (Å²) in [6.07, 6.45) is 0. The maximum atomic E-state index is 5.13. The number of aromatic nitrogens is 2. The van der Waals surface area contributed by atoms with Crippen molar-refractivity contribution in [3.63, 3.8) is 0 Å². The van der Waals surface area contributed by atoms with Crippen LogP contribution in [0.5, 0.6) is 0 Å². The molecule has 0 aliphatic rings. The van der Waals surface area contributed by atoms with E-state index in [0.717, 1.165) is 23.6 Å². The Morgan fingerprint density at radius 1 is 1.38 bits per heavy atom. The van der Waals surface area contributed by atoms with Gasteiger partial charge in [-0.3, -0.25) is 0 Å². The first-order chi connectivity index (χ1) is 6.00. The molecular weight excluding hydrogens is 182 g/mol. The van der Waals surface area contributed by atoms with Gasteiger partial charge in [0.1, 0.15) is 10.5 Å². The molecule has 0 atom stereocenters. The highest BCUT2D eigenvalue weighted by Gasteiger charge is 2.01. The van der Waals surface area contributed by atoms with E-state index in [1.807, 2.05) is 27.9 Å². The molecule has 0 spiro atoms. The van der Waals surface area contributed by atoms with Crippen LogP contribution in [0.2, 0.25) is 0 Å². The molecule has 0 fully saturated rings. The molecular formula is C9H15N3S. The first-order valence-electron chi connectivity index (χ1n) is 4.22. The second kappa shape index (κ2) is 3.98. The second-order valence-corrected chi connectivity index (χ2v) is 3.86. The van der Waals surface area contributed by atoms with Gasteiger partial charge in [0, 0.05) is 11.3 Å². The van der Waals surface area contributed by atoms with Crippen LogP contribution in [0.15, 0.2) is 0 Å². The number of H-pyrrole nitrogens is 1. The molecule has 0 saturated heterocycles. The molecule has 0 unspecified atom stereocenters. The molecule has 1 aromatic heterocycles. The van der Waals surface area contributed by atoms with Crippen LogP contribution >= 0.6 is 12.2 Å². The highest BCUT2D eigenvalue weighted by Crippen LogP contribution is 2.05. The molecule has 72 valence electrons. The Kier molecular flexibility index (Phi) is 3.17. The summed E-state index contributed by atoms with van der Waals surface area (Å²) in [6, 6.07) is 0. The van der Waals surface area contributed by atoms with E-state index in [1.165, 1.54) is 0 Å². The van der Waals surface area contributed by atoms with Gasteiger partial charge in [-0.2, -0.15) is 0 Å². The van der Waals surface area contributed by atoms with Gasteiger partial charge in [-0.05, 0) is 27.9 Å². The SMILES string of the molecule is Cc1[nH]c(CN(C)C)nc(=S)c1C. The normalized spacial score (nSPS) is 10.8. The van der Waals surface area contributed by atoms with Crippen molar-refractivity contribution in [2.24, 2.45) is 0 Å². The molecule has 0 aromatic carbocycles. The third-order valence-electron chi connectivity index (χ3n) is 1.92. The number of hydrogen-bond donors (Lipinski definition) is 1. The number of aromatic amines is 1. The van der Waals surface area contributed by atoms with Gasteiger partial charge < -0.3 is 9.88 Å². The summed E-state index contributed by atoms with van der Waals surface area (Å²) in [7, 11) is 4.02. The van der Waals surface area contributed by atoms with Crippen molar-refractivity contribution in [3.8, 4) is 0 Å². The lowest BCUT2D eigenvalue weighted by Gasteiger charge is -2.10. The minimum Gasteiger partial charge on any atom is -0.346 e. The molecule has 0 aliphatic carbocycles. The quantitative estimate of drug-likeness (QED) is 0.734. The van der Waals surface area contributed by atoms with E-state index in [9.17, 15) is 0 Å². The van der Waals surface area contributed by atoms with Crippen LogP contribution in [0.1, 0.15) is 17.1 Å². The number of hydrogen-bond acceptors (Lipinski definition) is 3. The van der Waals surface area contributed by atoms with Gasteiger partial charge in [0.15, 0.2) is 0 Å². The number of rotatable bonds is 2. The average molecular weight is 197 g/mol. The third kappa shape index (κ3) is 2.60. The summed E-state index contributed by atoms with van der Waals surface area (Å²) in [4.78, 5) is 9.58. The Bertz CT molecular complexity index is 354. The Balaban J connectivity index is 3.06. The van der Waals surface area contributed by atoms with Crippen LogP contribution < -0.4 is 0 Å². The Morgan fingerprint density at radius 2 is 2.00 bits per heavy atom. The maximum Gasteiger partial charge on any atom is 0.132 e. The van der Waals surface area contributed by atoms with Gasteiger partial charge in [0.05, 0.1) is 6.54 Å². The molecule has 0 saturated carbocycles. The summed E-state index contributed by atoms with van der Waals surface area (Å²) >= 11 is 5.13. The predicted octanol–water partition coefficient (Wildman–Crippen LogP) is 1.82. The molecule has 3 nitrogen and oxygen atoms in total. The highest BCUT2D eigenvalue weighted by atomic mass is 32.1. The van der Waals surface area contributed by atoms with E-state index in [-0.39, 0.29) is 0 Å². The fraction of sp³-hybridized carbons (Fsp3) is 0.556. The molecule has 1 rings (SSSR count). The zero-order valence-corrected chi connectivity index (χ0v) is 9.33. The smallest absolute Gasteiger partial charge is 0.132 e. The largest absolute Gasteiger partial charge is 0.346 e. The Morgan fingerprint density at radius 3 is 2.46 bits per heavy atom. The minimum absolute atomic E-state index is 0.702. The first kappa shape index (κ1) is 10.3. The molecule has 1 aromatic rings. The number of aryl methyl sites for hydroxylation is 1. The summed E-state index contributed by atoms with van der Waals surface area (Å²) in [6.45, 7) is 4.80. The van der Waals surface area contributed by atoms with Crippen molar-refractivity contribution in [1.82, 2.24) is 14.9 Å². The lowest BCUT2D eigenvalue weighted by Crippen LogP contribution is -2.14. The van der Waals surface area contributed by atoms with Crippen LogP contribution in [-0.4, -0.2) is 29.0 Å². The molecule has 1 N–H and O–H groups in total. The first-order valence-corrected chi connectivity index (χ1v) is 4.62. The number of nitrogens with one attached hydrogen (secondary N) is 1. The van der Waals surface area contributed by atoms with E-state index in [4.69, 9.17) is 12.2 Å². The molecule has 0 amide bonds. The number of nitrogens with zero attached hydrogens (tertiary/aromatic N) is 2. The summed E-state index contributed by atoms with van der Waals surface area (Å²) in [5.74, 6) is 0.929. The highest BCUT2D eigenvalue weighted by molar-refractivity contribution is 7.71. The summed E-state index contributed by atoms with van der Waals surface area (Å²) in [5.41, 5.74) is 2.18. The summed E-state index contributed by atoms with van der Waals surface area (Å²) in [5, 5.41) is 0. The average Bonchev–Trinajstić information content (AvgIpc) is 1.98. The van der Waals surface area contributed by atoms with Gasteiger partial charge in [-0.15, -0.1) is 0 Å². The van der Waals surface area contributed by atoms with Crippen LogP contribution in [0.25, 0.3) is 0 Å². The third-order valence-corrected chi connectivity index (χ3v) is 2.32. The van der Waals surface area contributed by atoms with Crippen LogP contribution in [-0.2, 0) is 6.54 Å². The van der Waals surface area contributed by atoms with E-state index in [1.54, 1.807) is 0 Å². The van der Waals surface area contributed by atoms with Crippen molar-refractivity contribution in [2.45, 2.75) is 20.4 Å². The van der Waals surface area contributed by atoms with E-state index in [0.29, 0.717) is 4.64 Å². The zero-order valence-electron chi connectivity index (χ0n) is 8.51. The lowest BCUT2D eigenvalue weighted by atomic mass is 10.3. The Hall–Kier alpha value is -0.740. The lowest BCUT2D eigenvalue weighted by molar-refractivity contribution is 0.389. The monoisotopic (exact) mass is 197 g/mol. The van der Waals surface area contributed by atoms with E-state index >= 15 is 0 Å². The van der Waals surface area contributed by atoms with E-state index < -0.39 is 0 Å². The molecule has 0 bridgehead atoms. The molecule has 13 heavy (non-hydrogen) atoms. The van der Waals surface area contributed by atoms with Crippen molar-refractivity contribution >= 4 is 12.2 Å². The van der Waals surface area contributed by atoms with E-state index in [2.05, 4.69) is 14.9 Å². The van der Waals surface area contributed by atoms with Gasteiger partial charge in [0.25, 0.3) is 0 Å². The molecule has 1 heterocycles. The second-order valence-electron chi connectivity index (χ2n) is 3.48. The zero-order chi connectivity index (χ0) is 10.0. The van der Waals surface area contributed by atoms with Gasteiger partial charge in [-0.1, -0.05) is 12.2 Å². The topological polar surface area (TPSA) is 31.9 Å². The minimum atomic E-state index is 0.702. The maximum absolute atomic E-state index is 5.13. The molecule has 0 radical (unpaired) electrons. The fourth-order valence-corrected chi connectivity index (χ4v) is 1.34. The van der Waals surface area contributed by atoms with Crippen LogP contribution in [0.3, 0.4) is 0 Å². The molecule has 0 aliphatic heterocycles. The van der Waals surface area contributed by atoms with Gasteiger partial charge in [0.2, 0.25) is 0 Å². The molecule has 4 heteroatoms. The summed E-state index contributed by atoms with van der Waals surface area (Å²) < 4.78 is 0.702. The van der Waals surface area contributed by atoms with Crippen molar-refractivity contribution in [2.75, 3.05) is 14.1 Å².